The van der Waals surface area contributed by atoms with Gasteiger partial charge in [-0.05, 0) is 20.9 Å². The van der Waals surface area contributed by atoms with Gasteiger partial charge in [-0.15, -0.1) is 0 Å². The van der Waals surface area contributed by atoms with Gasteiger partial charge in [0.1, 0.15) is 6.04 Å². The molecule has 6 heteroatoms. The van der Waals surface area contributed by atoms with E-state index in [0.717, 1.165) is 0 Å². The van der Waals surface area contributed by atoms with Crippen molar-refractivity contribution in [3.05, 3.63) is 0 Å². The van der Waals surface area contributed by atoms with Gasteiger partial charge in [-0.3, -0.25) is 14.5 Å². The first-order valence-corrected chi connectivity index (χ1v) is 6.88. The molecule has 0 aromatic rings. The maximum absolute atomic E-state index is 12.3. The van der Waals surface area contributed by atoms with Crippen molar-refractivity contribution >= 4 is 24.4 Å². The molecule has 18 heavy (non-hydrogen) atoms. The third-order valence-corrected chi connectivity index (χ3v) is 3.89. The van der Waals surface area contributed by atoms with Crippen LogP contribution in [0.15, 0.2) is 0 Å². The van der Waals surface area contributed by atoms with E-state index in [2.05, 4.69) is 43.7 Å². The molecule has 1 aliphatic rings. The van der Waals surface area contributed by atoms with Crippen molar-refractivity contribution in [2.75, 3.05) is 25.9 Å². The molecule has 0 aromatic carbocycles. The second kappa shape index (κ2) is 6.43. The third-order valence-electron chi connectivity index (χ3n) is 3.53. The minimum absolute atomic E-state index is 0.0352. The van der Waals surface area contributed by atoms with Crippen LogP contribution in [-0.4, -0.2) is 65.6 Å². The second-order valence-corrected chi connectivity index (χ2v) is 5.41. The van der Waals surface area contributed by atoms with Gasteiger partial charge in [-0.1, -0.05) is 0 Å². The minimum atomic E-state index is -0.520. The molecule has 3 atom stereocenters. The summed E-state index contributed by atoms with van der Waals surface area (Å²) in [5.74, 6) is 0.0951. The van der Waals surface area contributed by atoms with E-state index in [1.807, 2.05) is 4.90 Å². The quantitative estimate of drug-likeness (QED) is 0.710. The van der Waals surface area contributed by atoms with Crippen LogP contribution in [0.2, 0.25) is 0 Å². The van der Waals surface area contributed by atoms with Crippen LogP contribution in [0.25, 0.3) is 0 Å². The van der Waals surface area contributed by atoms with Crippen molar-refractivity contribution in [2.45, 2.75) is 38.9 Å². The molecule has 1 saturated heterocycles. The molecule has 5 nitrogen and oxygen atoms in total. The number of piperazine rings is 1. The summed E-state index contributed by atoms with van der Waals surface area (Å²) in [6.07, 6.45) is 0. The van der Waals surface area contributed by atoms with E-state index in [1.54, 1.807) is 0 Å². The van der Waals surface area contributed by atoms with E-state index in [-0.39, 0.29) is 11.8 Å². The van der Waals surface area contributed by atoms with E-state index in [0.29, 0.717) is 30.9 Å². The number of nitrogens with zero attached hydrogens (tertiary/aromatic N) is 2. The highest BCUT2D eigenvalue weighted by molar-refractivity contribution is 7.80. The van der Waals surface area contributed by atoms with E-state index in [4.69, 9.17) is 0 Å². The summed E-state index contributed by atoms with van der Waals surface area (Å²) in [4.78, 5) is 27.5. The molecule has 0 aromatic heterocycles. The molecule has 1 heterocycles. The molecule has 1 N–H and O–H groups in total. The highest BCUT2D eigenvalue weighted by Gasteiger charge is 2.32. The summed E-state index contributed by atoms with van der Waals surface area (Å²) in [7, 11) is 2.07. The third kappa shape index (κ3) is 3.62. The van der Waals surface area contributed by atoms with Gasteiger partial charge in [0.2, 0.25) is 11.8 Å². The van der Waals surface area contributed by atoms with Crippen LogP contribution in [0.5, 0.6) is 0 Å². The molecule has 104 valence electrons. The topological polar surface area (TPSA) is 52.7 Å². The molecule has 1 fully saturated rings. The Bertz CT molecular complexity index is 312. The normalized spacial score (nSPS) is 26.8. The number of rotatable bonds is 3. The van der Waals surface area contributed by atoms with E-state index in [1.165, 1.54) is 6.92 Å². The molecule has 0 radical (unpaired) electrons. The number of amides is 2. The summed E-state index contributed by atoms with van der Waals surface area (Å²) in [6, 6.07) is 0.139. The lowest BCUT2D eigenvalue weighted by atomic mass is 10.1. The average molecular weight is 273 g/mol. The Kier molecular flexibility index (Phi) is 5.47. The Hall–Kier alpha value is -0.750. The Morgan fingerprint density at radius 1 is 1.33 bits per heavy atom. The van der Waals surface area contributed by atoms with Gasteiger partial charge < -0.3 is 10.2 Å². The number of thiol groups is 1. The van der Waals surface area contributed by atoms with Gasteiger partial charge in [0.25, 0.3) is 0 Å². The van der Waals surface area contributed by atoms with E-state index in [9.17, 15) is 9.59 Å². The fraction of sp³-hybridized carbons (Fsp3) is 0.833. The number of carbonyl (C=O) groups is 2. The van der Waals surface area contributed by atoms with Crippen molar-refractivity contribution < 1.29 is 9.59 Å². The van der Waals surface area contributed by atoms with E-state index < -0.39 is 6.04 Å². The van der Waals surface area contributed by atoms with Crippen LogP contribution in [0.1, 0.15) is 20.8 Å². The highest BCUT2D eigenvalue weighted by Crippen LogP contribution is 2.14. The molecule has 0 bridgehead atoms. The van der Waals surface area contributed by atoms with Crippen LogP contribution in [-0.2, 0) is 9.59 Å². The zero-order chi connectivity index (χ0) is 13.9. The van der Waals surface area contributed by atoms with Crippen molar-refractivity contribution in [2.24, 2.45) is 0 Å². The largest absolute Gasteiger partial charge is 0.344 e. The molecule has 3 unspecified atom stereocenters. The molecule has 0 spiro atoms. The van der Waals surface area contributed by atoms with Gasteiger partial charge in [0, 0.05) is 37.8 Å². The Balaban J connectivity index is 2.68. The van der Waals surface area contributed by atoms with Crippen LogP contribution in [0.3, 0.4) is 0 Å². The summed E-state index contributed by atoms with van der Waals surface area (Å²) in [5.41, 5.74) is 0. The molecule has 0 aliphatic carbocycles. The summed E-state index contributed by atoms with van der Waals surface area (Å²) in [5, 5.41) is 2.65. The van der Waals surface area contributed by atoms with Crippen molar-refractivity contribution in [1.82, 2.24) is 15.1 Å². The van der Waals surface area contributed by atoms with Crippen LogP contribution in [0.4, 0.5) is 0 Å². The monoisotopic (exact) mass is 273 g/mol. The smallest absolute Gasteiger partial charge is 0.246 e. The number of carbonyl (C=O) groups excluding carboxylic acids is 2. The lowest BCUT2D eigenvalue weighted by Gasteiger charge is -2.43. The van der Waals surface area contributed by atoms with Crippen LogP contribution >= 0.6 is 12.6 Å². The van der Waals surface area contributed by atoms with E-state index >= 15 is 0 Å². The molecule has 1 rings (SSSR count). The Labute approximate surface area is 114 Å². The zero-order valence-corrected chi connectivity index (χ0v) is 12.4. The number of nitrogens with one attached hydrogen (secondary N) is 1. The lowest BCUT2D eigenvalue weighted by molar-refractivity contribution is -0.138. The van der Waals surface area contributed by atoms with Crippen molar-refractivity contribution in [1.29, 1.82) is 0 Å². The minimum Gasteiger partial charge on any atom is -0.344 e. The molecular weight excluding hydrogens is 250 g/mol. The SMILES string of the molecule is CC(=O)NC(CS)C(=O)N1CC(C)N(C)C(C)C1. The maximum atomic E-state index is 12.3. The Morgan fingerprint density at radius 2 is 1.83 bits per heavy atom. The predicted octanol–water partition coefficient (Wildman–Crippen LogP) is -0.0281. The van der Waals surface area contributed by atoms with Crippen LogP contribution in [0, 0.1) is 0 Å². The maximum Gasteiger partial charge on any atom is 0.246 e. The Morgan fingerprint density at radius 3 is 2.22 bits per heavy atom. The van der Waals surface area contributed by atoms with Gasteiger partial charge in [0.15, 0.2) is 0 Å². The molecule has 0 saturated carbocycles. The summed E-state index contributed by atoms with van der Waals surface area (Å²) < 4.78 is 0. The first-order chi connectivity index (χ1) is 8.36. The number of likely N-dealkylation sites (N-methyl/N-ethyl adjacent to an activating group) is 1. The predicted molar refractivity (Wildman–Crippen MR) is 74.7 cm³/mol. The lowest BCUT2D eigenvalue weighted by Crippen LogP contribution is -2.60. The fourth-order valence-electron chi connectivity index (χ4n) is 2.24. The second-order valence-electron chi connectivity index (χ2n) is 5.04. The van der Waals surface area contributed by atoms with Gasteiger partial charge >= 0.3 is 0 Å². The summed E-state index contributed by atoms with van der Waals surface area (Å²) in [6.45, 7) is 7.01. The first kappa shape index (κ1) is 15.3. The average Bonchev–Trinajstić information content (AvgIpc) is 2.31. The van der Waals surface area contributed by atoms with Gasteiger partial charge in [-0.2, -0.15) is 12.6 Å². The highest BCUT2D eigenvalue weighted by atomic mass is 32.1. The summed E-state index contributed by atoms with van der Waals surface area (Å²) >= 11 is 4.14. The van der Waals surface area contributed by atoms with Crippen LogP contribution < -0.4 is 5.32 Å². The fourth-order valence-corrected chi connectivity index (χ4v) is 2.48. The van der Waals surface area contributed by atoms with Gasteiger partial charge in [-0.25, -0.2) is 0 Å². The molecular formula is C12H23N3O2S. The zero-order valence-electron chi connectivity index (χ0n) is 11.5. The van der Waals surface area contributed by atoms with Gasteiger partial charge in [0.05, 0.1) is 0 Å². The first-order valence-electron chi connectivity index (χ1n) is 6.25. The van der Waals surface area contributed by atoms with Crippen molar-refractivity contribution in [3.63, 3.8) is 0 Å². The number of hydrogen-bond acceptors (Lipinski definition) is 4. The molecule has 2 amide bonds. The number of hydrogen-bond donors (Lipinski definition) is 2. The standard InChI is InChI=1S/C12H23N3O2S/c1-8-5-15(6-9(2)14(8)4)12(17)11(7-18)13-10(3)16/h8-9,11,18H,5-7H2,1-4H3,(H,13,16). The molecule has 1 aliphatic heterocycles. The van der Waals surface area contributed by atoms with Crippen molar-refractivity contribution in [3.8, 4) is 0 Å².